The van der Waals surface area contributed by atoms with E-state index in [1.54, 1.807) is 18.3 Å². The Morgan fingerprint density at radius 1 is 0.672 bits per heavy atom. The smallest absolute Gasteiger partial charge is 0.0798 e. The van der Waals surface area contributed by atoms with Gasteiger partial charge in [0.1, 0.15) is 0 Å². The second-order valence-corrected chi connectivity index (χ2v) is 23.8. The molecule has 3 aromatic heterocycles. The van der Waals surface area contributed by atoms with Crippen LogP contribution in [0, 0.1) is 38.8 Å². The Kier molecular flexibility index (Phi) is 11.9. The third kappa shape index (κ3) is 9.24. The van der Waals surface area contributed by atoms with Gasteiger partial charge in [-0.15, -0.1) is 59.2 Å². The number of hydrogen-bond donors (Lipinski definition) is 0. The van der Waals surface area contributed by atoms with Crippen LogP contribution in [0.25, 0.3) is 66.9 Å². The Bertz CT molecular complexity index is 3260. The van der Waals surface area contributed by atoms with Crippen LogP contribution in [-0.2, 0) is 26.5 Å². The van der Waals surface area contributed by atoms with Crippen LogP contribution in [0.15, 0.2) is 128 Å². The SMILES string of the molecule is Cc1cc2c3cc(-c4nc5ccccc5n4-c4c(C(C)C)cccc4C(C)C)[c-]cc3n(-c3ccccc3)c2cc1C.[2H]C([2H])([2H])c1c[c-]c(-c2cc(C([2H])([2H])C(C)C)c([Si](C)(C)C)cn2)cc1.[Ir]. The van der Waals surface area contributed by atoms with Gasteiger partial charge in [-0.1, -0.05) is 140 Å². The Morgan fingerprint density at radius 2 is 1.33 bits per heavy atom. The van der Waals surface area contributed by atoms with Gasteiger partial charge in [0, 0.05) is 50.0 Å². The summed E-state index contributed by atoms with van der Waals surface area (Å²) in [5, 5.41) is 3.48. The molecule has 4 nitrogen and oxygen atoms in total. The summed E-state index contributed by atoms with van der Waals surface area (Å²) in [6, 6.07) is 48.2. The van der Waals surface area contributed by atoms with Crippen molar-refractivity contribution in [3.05, 3.63) is 173 Å². The molecular weight excluding hydrogens is 973 g/mol. The van der Waals surface area contributed by atoms with Crippen LogP contribution < -0.4 is 5.19 Å². The van der Waals surface area contributed by atoms with Gasteiger partial charge in [0.2, 0.25) is 0 Å². The van der Waals surface area contributed by atoms with E-state index >= 15 is 0 Å². The van der Waals surface area contributed by atoms with E-state index in [1.165, 1.54) is 50.3 Å². The van der Waals surface area contributed by atoms with E-state index < -0.39 is 21.3 Å². The van der Waals surface area contributed by atoms with Crippen molar-refractivity contribution in [3.8, 4) is 34.0 Å². The number of para-hydroxylation sites is 4. The van der Waals surface area contributed by atoms with Crippen LogP contribution in [0.4, 0.5) is 0 Å². The molecule has 329 valence electrons. The van der Waals surface area contributed by atoms with Crippen molar-refractivity contribution >= 4 is 46.1 Å². The molecule has 64 heavy (non-hydrogen) atoms. The van der Waals surface area contributed by atoms with Crippen LogP contribution in [0.1, 0.15) is 93.6 Å². The molecule has 1 radical (unpaired) electrons. The standard InChI is InChI=1S/C39H36N3.C19H26NSi.Ir/c1-24(2)30-15-12-16-31(25(3)4)38(30)42-36-18-11-10-17-34(36)40-39(42)28-19-20-35-33(23-28)32-21-26(5)27(6)22-37(32)41(35)29-13-8-7-9-14-29;1-14(2)11-17-12-18(16-9-7-15(3)8-10-16)20-13-19(17)21(4,5)6;/h7-18,20-25H,1-6H3;7-9,12-14H,11H2,1-6H3;/q2*-1;/i;3D3,11D2;. The van der Waals surface area contributed by atoms with Crippen molar-refractivity contribution in [2.45, 2.75) is 100 Å². The Balaban J connectivity index is 0.000000226. The molecule has 0 aliphatic heterocycles. The molecule has 9 aromatic rings. The fraction of sp³-hybridized carbons (Fsp3) is 0.276. The first-order valence-corrected chi connectivity index (χ1v) is 25.7. The Hall–Kier alpha value is -5.39. The van der Waals surface area contributed by atoms with Gasteiger partial charge in [0.15, 0.2) is 0 Å². The topological polar surface area (TPSA) is 35.6 Å². The normalized spacial score (nSPS) is 13.4. The van der Waals surface area contributed by atoms with E-state index in [1.807, 2.05) is 19.9 Å². The zero-order valence-electron chi connectivity index (χ0n) is 44.0. The molecule has 0 unspecified atom stereocenters. The summed E-state index contributed by atoms with van der Waals surface area (Å²) >= 11 is 0. The summed E-state index contributed by atoms with van der Waals surface area (Å²) in [5.74, 6) is 1.50. The second kappa shape index (κ2) is 19.0. The first-order valence-electron chi connectivity index (χ1n) is 24.7. The molecule has 0 N–H and O–H groups in total. The number of rotatable bonds is 9. The third-order valence-corrected chi connectivity index (χ3v) is 14.0. The Morgan fingerprint density at radius 3 is 1.97 bits per heavy atom. The fourth-order valence-electron chi connectivity index (χ4n) is 8.62. The number of hydrogen-bond acceptors (Lipinski definition) is 2. The minimum absolute atomic E-state index is 0. The molecule has 0 fully saturated rings. The van der Waals surface area contributed by atoms with Gasteiger partial charge in [-0.2, -0.15) is 0 Å². The average molecular weight is 1040 g/mol. The zero-order valence-corrected chi connectivity index (χ0v) is 42.4. The molecule has 3 heterocycles. The van der Waals surface area contributed by atoms with E-state index in [2.05, 4.69) is 184 Å². The Labute approximate surface area is 403 Å². The van der Waals surface area contributed by atoms with E-state index in [4.69, 9.17) is 11.8 Å². The van der Waals surface area contributed by atoms with Gasteiger partial charge < -0.3 is 14.1 Å². The van der Waals surface area contributed by atoms with Crippen LogP contribution >= 0.6 is 0 Å². The second-order valence-electron chi connectivity index (χ2n) is 18.8. The molecule has 6 heteroatoms. The first kappa shape index (κ1) is 40.1. The predicted octanol–water partition coefficient (Wildman–Crippen LogP) is 15.1. The predicted molar refractivity (Wildman–Crippen MR) is 272 cm³/mol. The average Bonchev–Trinajstić information content (AvgIpc) is 3.83. The molecule has 9 rings (SSSR count). The van der Waals surface area contributed by atoms with Crippen LogP contribution in [0.5, 0.6) is 0 Å². The van der Waals surface area contributed by atoms with Crippen molar-refractivity contribution in [1.82, 2.24) is 19.1 Å². The van der Waals surface area contributed by atoms with Crippen LogP contribution in [-0.4, -0.2) is 27.2 Å². The van der Waals surface area contributed by atoms with Crippen LogP contribution in [0.2, 0.25) is 19.6 Å². The quantitative estimate of drug-likeness (QED) is 0.107. The van der Waals surface area contributed by atoms with Gasteiger partial charge in [-0.3, -0.25) is 4.98 Å². The van der Waals surface area contributed by atoms with E-state index in [9.17, 15) is 0 Å². The molecule has 0 aliphatic rings. The molecule has 0 amide bonds. The minimum atomic E-state index is -2.16. The summed E-state index contributed by atoms with van der Waals surface area (Å²) in [6.45, 7) is 21.7. The number of aromatic nitrogens is 4. The largest absolute Gasteiger partial charge is 0.351 e. The van der Waals surface area contributed by atoms with Crippen molar-refractivity contribution in [1.29, 1.82) is 0 Å². The maximum absolute atomic E-state index is 8.59. The number of pyridine rings is 1. The third-order valence-electron chi connectivity index (χ3n) is 11.9. The number of imidazole rings is 1. The summed E-state index contributed by atoms with van der Waals surface area (Å²) < 4.78 is 44.3. The van der Waals surface area contributed by atoms with Gasteiger partial charge in [-0.25, -0.2) is 0 Å². The van der Waals surface area contributed by atoms with Crippen molar-refractivity contribution in [3.63, 3.8) is 0 Å². The molecule has 0 saturated heterocycles. The molecular formula is C58H62IrN4Si-2. The summed E-state index contributed by atoms with van der Waals surface area (Å²) in [4.78, 5) is 9.81. The summed E-state index contributed by atoms with van der Waals surface area (Å²) in [5.41, 5.74) is 15.3. The number of aryl methyl sites for hydroxylation is 3. The fourth-order valence-corrected chi connectivity index (χ4v) is 10.0. The molecule has 0 atom stereocenters. The number of benzene rings is 6. The van der Waals surface area contributed by atoms with Gasteiger partial charge in [0.25, 0.3) is 0 Å². The van der Waals surface area contributed by atoms with Gasteiger partial charge in [0.05, 0.1) is 24.9 Å². The monoisotopic (exact) mass is 1040 g/mol. The van der Waals surface area contributed by atoms with E-state index in [0.717, 1.165) is 38.8 Å². The zero-order chi connectivity index (χ0) is 49.0. The molecule has 0 aliphatic carbocycles. The van der Waals surface area contributed by atoms with Crippen molar-refractivity contribution in [2.24, 2.45) is 5.92 Å². The number of fused-ring (bicyclic) bond motifs is 4. The van der Waals surface area contributed by atoms with Crippen molar-refractivity contribution in [2.75, 3.05) is 0 Å². The van der Waals surface area contributed by atoms with E-state index in [-0.39, 0.29) is 31.6 Å². The van der Waals surface area contributed by atoms with E-state index in [0.29, 0.717) is 28.7 Å². The first-order chi connectivity index (χ1) is 32.1. The molecule has 6 aromatic carbocycles. The summed E-state index contributed by atoms with van der Waals surface area (Å²) in [6.07, 6.45) is 0.328. The molecule has 0 bridgehead atoms. The van der Waals surface area contributed by atoms with Crippen molar-refractivity contribution < 1.29 is 27.0 Å². The maximum atomic E-state index is 8.59. The van der Waals surface area contributed by atoms with Gasteiger partial charge >= 0.3 is 0 Å². The van der Waals surface area contributed by atoms with Gasteiger partial charge in [-0.05, 0) is 112 Å². The maximum Gasteiger partial charge on any atom is 0.0798 e. The molecule has 0 saturated carbocycles. The molecule has 0 spiro atoms. The van der Waals surface area contributed by atoms with Crippen LogP contribution in [0.3, 0.4) is 0 Å². The summed E-state index contributed by atoms with van der Waals surface area (Å²) in [7, 11) is -1.78. The minimum Gasteiger partial charge on any atom is -0.351 e. The number of nitrogens with zero attached hydrogens (tertiary/aromatic N) is 4.